The molecule has 1 fully saturated rings. The van der Waals surface area contributed by atoms with Gasteiger partial charge in [-0.25, -0.2) is 4.79 Å². The monoisotopic (exact) mass is 331 g/mol. The summed E-state index contributed by atoms with van der Waals surface area (Å²) in [5.74, 6) is 0.399. The fraction of sp³-hybridized carbons (Fsp3) is 0.579. The molecule has 5 heteroatoms. The Morgan fingerprint density at radius 1 is 1.25 bits per heavy atom. The van der Waals surface area contributed by atoms with Crippen LogP contribution in [0.3, 0.4) is 0 Å². The highest BCUT2D eigenvalue weighted by Crippen LogP contribution is 2.19. The van der Waals surface area contributed by atoms with E-state index in [2.05, 4.69) is 17.6 Å². The Morgan fingerprint density at radius 3 is 2.67 bits per heavy atom. The molecule has 24 heavy (non-hydrogen) atoms. The molecule has 2 N–H and O–H groups in total. The van der Waals surface area contributed by atoms with E-state index in [0.29, 0.717) is 19.0 Å². The molecule has 1 aliphatic rings. The Balaban J connectivity index is 1.87. The lowest BCUT2D eigenvalue weighted by atomic mass is 9.98. The molecule has 1 aliphatic heterocycles. The fourth-order valence-corrected chi connectivity index (χ4v) is 2.89. The maximum atomic E-state index is 12.5. The lowest BCUT2D eigenvalue weighted by Crippen LogP contribution is -2.45. The molecule has 0 saturated carbocycles. The van der Waals surface area contributed by atoms with Crippen molar-refractivity contribution in [2.24, 2.45) is 11.8 Å². The minimum atomic E-state index is -0.0573. The second-order valence-electron chi connectivity index (χ2n) is 7.08. The number of likely N-dealkylation sites (tertiary alicyclic amines) is 1. The Morgan fingerprint density at radius 2 is 2.00 bits per heavy atom. The summed E-state index contributed by atoms with van der Waals surface area (Å²) >= 11 is 0. The average molecular weight is 331 g/mol. The lowest BCUT2D eigenvalue weighted by molar-refractivity contribution is -0.124. The molecule has 0 radical (unpaired) electrons. The summed E-state index contributed by atoms with van der Waals surface area (Å²) in [4.78, 5) is 26.0. The van der Waals surface area contributed by atoms with Gasteiger partial charge in [0, 0.05) is 31.2 Å². The SMILES string of the molecule is Cc1ccc(NC(=O)N2CCC[C@@H](CNC(=O)C(C)C)C2)cc1C. The molecule has 1 saturated heterocycles. The number of nitrogens with one attached hydrogen (secondary N) is 2. The predicted molar refractivity (Wildman–Crippen MR) is 97.1 cm³/mol. The number of benzene rings is 1. The summed E-state index contributed by atoms with van der Waals surface area (Å²) in [6.45, 7) is 9.98. The number of anilines is 1. The highest BCUT2D eigenvalue weighted by molar-refractivity contribution is 5.89. The zero-order valence-corrected chi connectivity index (χ0v) is 15.2. The van der Waals surface area contributed by atoms with Crippen molar-refractivity contribution in [1.29, 1.82) is 0 Å². The van der Waals surface area contributed by atoms with Crippen molar-refractivity contribution >= 4 is 17.6 Å². The zero-order valence-electron chi connectivity index (χ0n) is 15.2. The smallest absolute Gasteiger partial charge is 0.321 e. The highest BCUT2D eigenvalue weighted by Gasteiger charge is 2.24. The van der Waals surface area contributed by atoms with Crippen molar-refractivity contribution in [1.82, 2.24) is 10.2 Å². The number of hydrogen-bond donors (Lipinski definition) is 2. The first kappa shape index (κ1) is 18.3. The molecule has 5 nitrogen and oxygen atoms in total. The normalized spacial score (nSPS) is 17.7. The summed E-state index contributed by atoms with van der Waals surface area (Å²) in [5, 5.41) is 5.96. The molecule has 0 spiro atoms. The van der Waals surface area contributed by atoms with Gasteiger partial charge in [0.1, 0.15) is 0 Å². The third-order valence-electron chi connectivity index (χ3n) is 4.65. The van der Waals surface area contributed by atoms with E-state index in [1.165, 1.54) is 11.1 Å². The first-order valence-electron chi connectivity index (χ1n) is 8.77. The summed E-state index contributed by atoms with van der Waals surface area (Å²) in [5.41, 5.74) is 3.21. The molecule has 1 aromatic carbocycles. The molecule has 1 heterocycles. The van der Waals surface area contributed by atoms with Gasteiger partial charge in [-0.05, 0) is 55.9 Å². The number of hydrogen-bond acceptors (Lipinski definition) is 2. The van der Waals surface area contributed by atoms with Crippen LogP contribution < -0.4 is 10.6 Å². The number of piperidine rings is 1. The van der Waals surface area contributed by atoms with Crippen LogP contribution in [-0.4, -0.2) is 36.5 Å². The summed E-state index contributed by atoms with van der Waals surface area (Å²) < 4.78 is 0. The molecule has 1 aromatic rings. The van der Waals surface area contributed by atoms with Crippen LogP contribution in [0.15, 0.2) is 18.2 Å². The molecule has 0 aliphatic carbocycles. The van der Waals surface area contributed by atoms with Crippen LogP contribution in [0.1, 0.15) is 37.8 Å². The number of carbonyl (C=O) groups is 2. The van der Waals surface area contributed by atoms with Crippen LogP contribution >= 0.6 is 0 Å². The zero-order chi connectivity index (χ0) is 17.7. The molecule has 0 aromatic heterocycles. The second kappa shape index (κ2) is 8.18. The van der Waals surface area contributed by atoms with E-state index < -0.39 is 0 Å². The maximum Gasteiger partial charge on any atom is 0.321 e. The minimum Gasteiger partial charge on any atom is -0.356 e. The largest absolute Gasteiger partial charge is 0.356 e. The van der Waals surface area contributed by atoms with Gasteiger partial charge in [0.15, 0.2) is 0 Å². The van der Waals surface area contributed by atoms with E-state index in [-0.39, 0.29) is 17.9 Å². The van der Waals surface area contributed by atoms with Gasteiger partial charge in [-0.3, -0.25) is 4.79 Å². The molecule has 2 rings (SSSR count). The highest BCUT2D eigenvalue weighted by atomic mass is 16.2. The number of aryl methyl sites for hydroxylation is 2. The van der Waals surface area contributed by atoms with Gasteiger partial charge in [-0.2, -0.15) is 0 Å². The van der Waals surface area contributed by atoms with Crippen LogP contribution in [0.4, 0.5) is 10.5 Å². The number of rotatable bonds is 4. The standard InChI is InChI=1S/C19H29N3O2/c1-13(2)18(23)20-11-16-6-5-9-22(12-16)19(24)21-17-8-7-14(3)15(4)10-17/h7-8,10,13,16H,5-6,9,11-12H2,1-4H3,(H,20,23)(H,21,24)/t16-/m0/s1. The van der Waals surface area contributed by atoms with Gasteiger partial charge in [-0.1, -0.05) is 19.9 Å². The fourth-order valence-electron chi connectivity index (χ4n) is 2.89. The van der Waals surface area contributed by atoms with E-state index in [9.17, 15) is 9.59 Å². The molecule has 3 amide bonds. The minimum absolute atomic E-state index is 0.00207. The molecular weight excluding hydrogens is 302 g/mol. The number of urea groups is 1. The van der Waals surface area contributed by atoms with Crippen LogP contribution in [0.2, 0.25) is 0 Å². The van der Waals surface area contributed by atoms with Crippen LogP contribution in [0, 0.1) is 25.7 Å². The molecule has 1 atom stereocenters. The Kier molecular flexibility index (Phi) is 6.23. The van der Waals surface area contributed by atoms with Gasteiger partial charge in [0.25, 0.3) is 0 Å². The Bertz CT molecular complexity index is 598. The van der Waals surface area contributed by atoms with E-state index in [1.54, 1.807) is 0 Å². The Labute approximate surface area is 144 Å². The summed E-state index contributed by atoms with van der Waals surface area (Å²) in [7, 11) is 0. The quantitative estimate of drug-likeness (QED) is 0.889. The van der Waals surface area contributed by atoms with Crippen molar-refractivity contribution < 1.29 is 9.59 Å². The lowest BCUT2D eigenvalue weighted by Gasteiger charge is -2.33. The van der Waals surface area contributed by atoms with Crippen LogP contribution in [-0.2, 0) is 4.79 Å². The van der Waals surface area contributed by atoms with Crippen molar-refractivity contribution in [3.63, 3.8) is 0 Å². The molecular formula is C19H29N3O2. The second-order valence-corrected chi connectivity index (χ2v) is 7.08. The molecule has 0 unspecified atom stereocenters. The number of carbonyl (C=O) groups excluding carboxylic acids is 2. The van der Waals surface area contributed by atoms with Gasteiger partial charge >= 0.3 is 6.03 Å². The third-order valence-corrected chi connectivity index (χ3v) is 4.65. The topological polar surface area (TPSA) is 61.4 Å². The van der Waals surface area contributed by atoms with E-state index in [0.717, 1.165) is 25.1 Å². The van der Waals surface area contributed by atoms with Crippen molar-refractivity contribution in [3.8, 4) is 0 Å². The van der Waals surface area contributed by atoms with Gasteiger partial charge in [-0.15, -0.1) is 0 Å². The van der Waals surface area contributed by atoms with E-state index in [4.69, 9.17) is 0 Å². The predicted octanol–water partition coefficient (Wildman–Crippen LogP) is 3.32. The summed E-state index contributed by atoms with van der Waals surface area (Å²) in [6, 6.07) is 5.89. The van der Waals surface area contributed by atoms with Crippen molar-refractivity contribution in [3.05, 3.63) is 29.3 Å². The average Bonchev–Trinajstić information content (AvgIpc) is 2.56. The van der Waals surface area contributed by atoms with Crippen molar-refractivity contribution in [2.45, 2.75) is 40.5 Å². The summed E-state index contributed by atoms with van der Waals surface area (Å²) in [6.07, 6.45) is 2.02. The third kappa shape index (κ3) is 4.98. The first-order chi connectivity index (χ1) is 11.4. The van der Waals surface area contributed by atoms with E-state index >= 15 is 0 Å². The molecule has 0 bridgehead atoms. The van der Waals surface area contributed by atoms with Gasteiger partial charge < -0.3 is 15.5 Å². The van der Waals surface area contributed by atoms with E-state index in [1.807, 2.05) is 43.9 Å². The van der Waals surface area contributed by atoms with Gasteiger partial charge in [0.2, 0.25) is 5.91 Å². The van der Waals surface area contributed by atoms with Gasteiger partial charge in [0.05, 0.1) is 0 Å². The molecule has 132 valence electrons. The van der Waals surface area contributed by atoms with Crippen LogP contribution in [0.25, 0.3) is 0 Å². The first-order valence-corrected chi connectivity index (χ1v) is 8.77. The Hall–Kier alpha value is -2.04. The number of nitrogens with zero attached hydrogens (tertiary/aromatic N) is 1. The van der Waals surface area contributed by atoms with Crippen molar-refractivity contribution in [2.75, 3.05) is 25.0 Å². The maximum absolute atomic E-state index is 12.5. The van der Waals surface area contributed by atoms with Crippen LogP contribution in [0.5, 0.6) is 0 Å². The number of amides is 3.